The van der Waals surface area contributed by atoms with Crippen molar-refractivity contribution in [2.24, 2.45) is 0 Å². The van der Waals surface area contributed by atoms with Crippen LogP contribution < -0.4 is 0 Å². The molecule has 1 heterocycles. The van der Waals surface area contributed by atoms with Crippen molar-refractivity contribution in [2.45, 2.75) is 26.1 Å². The summed E-state index contributed by atoms with van der Waals surface area (Å²) in [7, 11) is 0. The van der Waals surface area contributed by atoms with Gasteiger partial charge in [-0.2, -0.15) is 13.2 Å². The van der Waals surface area contributed by atoms with Crippen molar-refractivity contribution >= 4 is 18.2 Å². The molecule has 0 N–H and O–H groups in total. The molecule has 0 saturated heterocycles. The van der Waals surface area contributed by atoms with Gasteiger partial charge in [0.1, 0.15) is 6.29 Å². The molecule has 0 aliphatic heterocycles. The molecule has 0 radical (unpaired) electrons. The Kier molecular flexibility index (Phi) is 6.67. The molecule has 6 nitrogen and oxygen atoms in total. The van der Waals surface area contributed by atoms with Crippen molar-refractivity contribution in [1.29, 1.82) is 0 Å². The van der Waals surface area contributed by atoms with Crippen molar-refractivity contribution in [3.63, 3.8) is 0 Å². The van der Waals surface area contributed by atoms with Gasteiger partial charge >= 0.3 is 18.1 Å². The molecular formula is C14H15F3N2O4. The standard InChI is InChI=1S/C14H15F3N2O4/c1-2-23-12(21)10-4-5-18-11(8-10)9-19(6-3-7-20)13(22)14(15,16)17/h4-5,7-8H,2-3,6,9H2,1H3. The highest BCUT2D eigenvalue weighted by Gasteiger charge is 2.42. The Morgan fingerprint density at radius 3 is 2.65 bits per heavy atom. The van der Waals surface area contributed by atoms with E-state index in [-0.39, 0.29) is 24.3 Å². The highest BCUT2D eigenvalue weighted by molar-refractivity contribution is 5.89. The fourth-order valence-corrected chi connectivity index (χ4v) is 1.74. The van der Waals surface area contributed by atoms with Gasteiger partial charge < -0.3 is 14.4 Å². The molecule has 1 rings (SSSR count). The minimum atomic E-state index is -5.05. The number of alkyl halides is 3. The number of hydrogen-bond acceptors (Lipinski definition) is 5. The molecule has 1 amide bonds. The van der Waals surface area contributed by atoms with Gasteiger partial charge in [0.15, 0.2) is 0 Å². The average Bonchev–Trinajstić information content (AvgIpc) is 2.50. The van der Waals surface area contributed by atoms with Gasteiger partial charge in [-0.15, -0.1) is 0 Å². The lowest BCUT2D eigenvalue weighted by molar-refractivity contribution is -0.186. The number of aromatic nitrogens is 1. The van der Waals surface area contributed by atoms with Crippen molar-refractivity contribution in [3.05, 3.63) is 29.6 Å². The summed E-state index contributed by atoms with van der Waals surface area (Å²) in [4.78, 5) is 37.6. The summed E-state index contributed by atoms with van der Waals surface area (Å²) in [6.07, 6.45) is -3.64. The number of amides is 1. The molecule has 0 bridgehead atoms. The topological polar surface area (TPSA) is 76.6 Å². The molecule has 0 fully saturated rings. The van der Waals surface area contributed by atoms with Gasteiger partial charge in [0.25, 0.3) is 0 Å². The second-order valence-electron chi connectivity index (χ2n) is 4.44. The Morgan fingerprint density at radius 1 is 1.39 bits per heavy atom. The lowest BCUT2D eigenvalue weighted by atomic mass is 10.2. The molecule has 0 aliphatic carbocycles. The molecule has 1 aromatic rings. The predicted molar refractivity (Wildman–Crippen MR) is 72.3 cm³/mol. The van der Waals surface area contributed by atoms with Crippen LogP contribution in [0.2, 0.25) is 0 Å². The normalized spacial score (nSPS) is 11.0. The third-order valence-electron chi connectivity index (χ3n) is 2.73. The number of aldehydes is 1. The number of esters is 1. The Labute approximate surface area is 130 Å². The minimum Gasteiger partial charge on any atom is -0.462 e. The molecular weight excluding hydrogens is 317 g/mol. The van der Waals surface area contributed by atoms with E-state index in [1.165, 1.54) is 18.3 Å². The molecule has 9 heteroatoms. The van der Waals surface area contributed by atoms with Crippen LogP contribution in [0.1, 0.15) is 29.4 Å². The zero-order valence-electron chi connectivity index (χ0n) is 12.3. The van der Waals surface area contributed by atoms with Gasteiger partial charge in [-0.1, -0.05) is 0 Å². The van der Waals surface area contributed by atoms with Crippen LogP contribution >= 0.6 is 0 Å². The molecule has 126 valence electrons. The number of ether oxygens (including phenoxy) is 1. The van der Waals surface area contributed by atoms with Gasteiger partial charge in [0.05, 0.1) is 24.4 Å². The maximum absolute atomic E-state index is 12.6. The Morgan fingerprint density at radius 2 is 2.09 bits per heavy atom. The smallest absolute Gasteiger partial charge is 0.462 e. The summed E-state index contributed by atoms with van der Waals surface area (Å²) >= 11 is 0. The lowest BCUT2D eigenvalue weighted by Gasteiger charge is -2.22. The third kappa shape index (κ3) is 5.68. The van der Waals surface area contributed by atoms with Gasteiger partial charge in [0, 0.05) is 19.2 Å². The van der Waals surface area contributed by atoms with Crippen LogP contribution in [0.5, 0.6) is 0 Å². The van der Waals surface area contributed by atoms with E-state index >= 15 is 0 Å². The Bertz CT molecular complexity index is 575. The molecule has 0 spiro atoms. The highest BCUT2D eigenvalue weighted by atomic mass is 19.4. The van der Waals surface area contributed by atoms with Crippen LogP contribution in [0.3, 0.4) is 0 Å². The summed E-state index contributed by atoms with van der Waals surface area (Å²) in [5.74, 6) is -2.71. The van der Waals surface area contributed by atoms with Crippen LogP contribution in [-0.4, -0.2) is 47.4 Å². The van der Waals surface area contributed by atoms with Gasteiger partial charge in [-0.05, 0) is 19.1 Å². The summed E-state index contributed by atoms with van der Waals surface area (Å²) in [6, 6.07) is 2.60. The Hall–Kier alpha value is -2.45. The largest absolute Gasteiger partial charge is 0.471 e. The van der Waals surface area contributed by atoms with Crippen LogP contribution in [0.25, 0.3) is 0 Å². The fourth-order valence-electron chi connectivity index (χ4n) is 1.74. The second kappa shape index (κ2) is 8.25. The van der Waals surface area contributed by atoms with Crippen LogP contribution in [0.15, 0.2) is 18.3 Å². The zero-order chi connectivity index (χ0) is 17.5. The summed E-state index contributed by atoms with van der Waals surface area (Å²) in [6.45, 7) is 0.893. The molecule has 0 saturated carbocycles. The first kappa shape index (κ1) is 18.6. The lowest BCUT2D eigenvalue weighted by Crippen LogP contribution is -2.41. The second-order valence-corrected chi connectivity index (χ2v) is 4.44. The predicted octanol–water partition coefficient (Wildman–Crippen LogP) is 1.74. The van der Waals surface area contributed by atoms with Crippen molar-refractivity contribution in [2.75, 3.05) is 13.2 Å². The summed E-state index contributed by atoms with van der Waals surface area (Å²) in [5.41, 5.74) is 0.200. The monoisotopic (exact) mass is 332 g/mol. The third-order valence-corrected chi connectivity index (χ3v) is 2.73. The zero-order valence-corrected chi connectivity index (χ0v) is 12.3. The van der Waals surface area contributed by atoms with E-state index in [1.54, 1.807) is 6.92 Å². The number of hydrogen-bond donors (Lipinski definition) is 0. The molecule has 23 heavy (non-hydrogen) atoms. The SMILES string of the molecule is CCOC(=O)c1ccnc(CN(CCC=O)C(=O)C(F)(F)F)c1. The van der Waals surface area contributed by atoms with Crippen LogP contribution in [0, 0.1) is 0 Å². The number of carbonyl (C=O) groups is 3. The molecule has 0 aliphatic rings. The van der Waals surface area contributed by atoms with Gasteiger partial charge in [-0.3, -0.25) is 9.78 Å². The highest BCUT2D eigenvalue weighted by Crippen LogP contribution is 2.20. The van der Waals surface area contributed by atoms with Gasteiger partial charge in [-0.25, -0.2) is 4.79 Å². The molecule has 0 atom stereocenters. The number of nitrogens with zero attached hydrogens (tertiary/aromatic N) is 2. The van der Waals surface area contributed by atoms with E-state index in [9.17, 15) is 27.6 Å². The first-order chi connectivity index (χ1) is 10.8. The average molecular weight is 332 g/mol. The van der Waals surface area contributed by atoms with Crippen molar-refractivity contribution < 1.29 is 32.3 Å². The van der Waals surface area contributed by atoms with Gasteiger partial charge in [0.2, 0.25) is 0 Å². The van der Waals surface area contributed by atoms with E-state index in [0.717, 1.165) is 0 Å². The van der Waals surface area contributed by atoms with E-state index in [4.69, 9.17) is 4.74 Å². The Balaban J connectivity index is 2.95. The summed E-state index contributed by atoms with van der Waals surface area (Å²) < 4.78 is 42.5. The number of carbonyl (C=O) groups excluding carboxylic acids is 3. The van der Waals surface area contributed by atoms with E-state index < -0.39 is 31.1 Å². The van der Waals surface area contributed by atoms with Crippen molar-refractivity contribution in [1.82, 2.24) is 9.88 Å². The fraction of sp³-hybridized carbons (Fsp3) is 0.429. The first-order valence-electron chi connectivity index (χ1n) is 6.71. The maximum Gasteiger partial charge on any atom is 0.471 e. The number of rotatable bonds is 7. The minimum absolute atomic E-state index is 0.0825. The molecule has 1 aromatic heterocycles. The molecule has 0 unspecified atom stereocenters. The van der Waals surface area contributed by atoms with E-state index in [1.807, 2.05) is 0 Å². The number of halogens is 3. The first-order valence-corrected chi connectivity index (χ1v) is 6.71. The quantitative estimate of drug-likeness (QED) is 0.561. The van der Waals surface area contributed by atoms with Crippen LogP contribution in [-0.2, 0) is 20.9 Å². The maximum atomic E-state index is 12.6. The number of pyridine rings is 1. The van der Waals surface area contributed by atoms with Crippen molar-refractivity contribution in [3.8, 4) is 0 Å². The van der Waals surface area contributed by atoms with E-state index in [0.29, 0.717) is 11.2 Å². The summed E-state index contributed by atoms with van der Waals surface area (Å²) in [5, 5.41) is 0. The molecule has 0 aromatic carbocycles. The van der Waals surface area contributed by atoms with Crippen LogP contribution in [0.4, 0.5) is 13.2 Å². The van der Waals surface area contributed by atoms with E-state index in [2.05, 4.69) is 4.98 Å².